The van der Waals surface area contributed by atoms with E-state index < -0.39 is 0 Å². The minimum Gasteiger partial charge on any atom is -0.379 e. The summed E-state index contributed by atoms with van der Waals surface area (Å²) in [6.45, 7) is 4.42. The van der Waals surface area contributed by atoms with E-state index in [9.17, 15) is 4.79 Å². The number of nitrogens with zero attached hydrogens (tertiary/aromatic N) is 1. The number of anilines is 1. The van der Waals surface area contributed by atoms with Crippen LogP contribution in [0.25, 0.3) is 0 Å². The Balaban J connectivity index is 1.34. The van der Waals surface area contributed by atoms with E-state index in [1.807, 2.05) is 53.4 Å². The highest BCUT2D eigenvalue weighted by Gasteiger charge is 2.20. The number of fused-ring (bicyclic) bond motifs is 2. The monoisotopic (exact) mass is 482 g/mol. The molecule has 5 nitrogen and oxygen atoms in total. The van der Waals surface area contributed by atoms with E-state index in [2.05, 4.69) is 17.2 Å². The number of hydrogen-bond acceptors (Lipinski definition) is 4. The largest absolute Gasteiger partial charge is 0.379 e. The van der Waals surface area contributed by atoms with Crippen LogP contribution >= 0.6 is 11.6 Å². The Morgan fingerprint density at radius 2 is 1.56 bits per heavy atom. The average molecular weight is 483 g/mol. The van der Waals surface area contributed by atoms with Gasteiger partial charge in [-0.25, -0.2) is 0 Å². The SMILES string of the molecule is O=C(CCNCCOCCOCCCCCCCl)N1Cc2ccccc2C#Cc2ccccc21. The molecule has 0 fully saturated rings. The van der Waals surface area contributed by atoms with Crippen LogP contribution in [0.3, 0.4) is 0 Å². The minimum atomic E-state index is 0.0822. The van der Waals surface area contributed by atoms with Crippen molar-refractivity contribution in [2.24, 2.45) is 0 Å². The zero-order valence-corrected chi connectivity index (χ0v) is 20.6. The molecule has 1 heterocycles. The molecule has 0 unspecified atom stereocenters. The summed E-state index contributed by atoms with van der Waals surface area (Å²) in [7, 11) is 0. The lowest BCUT2D eigenvalue weighted by molar-refractivity contribution is -0.118. The van der Waals surface area contributed by atoms with Gasteiger partial charge in [-0.15, -0.1) is 11.6 Å². The van der Waals surface area contributed by atoms with E-state index >= 15 is 0 Å². The van der Waals surface area contributed by atoms with Gasteiger partial charge in [0.1, 0.15) is 0 Å². The van der Waals surface area contributed by atoms with E-state index in [-0.39, 0.29) is 5.91 Å². The van der Waals surface area contributed by atoms with Gasteiger partial charge in [-0.2, -0.15) is 0 Å². The summed E-state index contributed by atoms with van der Waals surface area (Å²) in [6.07, 6.45) is 4.91. The molecule has 1 N–H and O–H groups in total. The fraction of sp³-hybridized carbons (Fsp3) is 0.464. The van der Waals surface area contributed by atoms with Crippen LogP contribution in [0.5, 0.6) is 0 Å². The number of hydrogen-bond donors (Lipinski definition) is 1. The Kier molecular flexibility index (Phi) is 12.0. The Bertz CT molecular complexity index is 954. The number of rotatable bonds is 15. The zero-order chi connectivity index (χ0) is 23.8. The first kappa shape index (κ1) is 26.2. The Labute approximate surface area is 208 Å². The van der Waals surface area contributed by atoms with Gasteiger partial charge >= 0.3 is 0 Å². The first-order valence-electron chi connectivity index (χ1n) is 12.2. The highest BCUT2D eigenvalue weighted by Crippen LogP contribution is 2.25. The molecule has 0 radical (unpaired) electrons. The van der Waals surface area contributed by atoms with E-state index in [0.717, 1.165) is 47.7 Å². The second-order valence-electron chi connectivity index (χ2n) is 8.23. The molecule has 1 aliphatic rings. The molecule has 0 saturated carbocycles. The van der Waals surface area contributed by atoms with Gasteiger partial charge in [-0.1, -0.05) is 55.0 Å². The second kappa shape index (κ2) is 15.5. The summed E-state index contributed by atoms with van der Waals surface area (Å²) >= 11 is 5.67. The molecule has 0 bridgehead atoms. The molecule has 6 heteroatoms. The van der Waals surface area contributed by atoms with Crippen LogP contribution < -0.4 is 10.2 Å². The number of ether oxygens (including phenoxy) is 2. The van der Waals surface area contributed by atoms with E-state index in [4.69, 9.17) is 21.1 Å². The van der Waals surface area contributed by atoms with Crippen molar-refractivity contribution in [1.29, 1.82) is 0 Å². The molecule has 2 aromatic rings. The maximum Gasteiger partial charge on any atom is 0.228 e. The number of nitrogens with one attached hydrogen (secondary N) is 1. The molecule has 0 aromatic heterocycles. The van der Waals surface area contributed by atoms with Gasteiger partial charge in [-0.05, 0) is 36.6 Å². The van der Waals surface area contributed by atoms with Gasteiger partial charge in [-0.3, -0.25) is 4.79 Å². The zero-order valence-electron chi connectivity index (χ0n) is 19.9. The number of para-hydroxylation sites is 1. The van der Waals surface area contributed by atoms with Gasteiger partial charge in [0.15, 0.2) is 0 Å². The summed E-state index contributed by atoms with van der Waals surface area (Å²) < 4.78 is 11.2. The molecule has 1 amide bonds. The van der Waals surface area contributed by atoms with Crippen LogP contribution in [-0.4, -0.2) is 51.3 Å². The minimum absolute atomic E-state index is 0.0822. The van der Waals surface area contributed by atoms with E-state index in [1.165, 1.54) is 12.8 Å². The Morgan fingerprint density at radius 3 is 2.41 bits per heavy atom. The fourth-order valence-corrected chi connectivity index (χ4v) is 3.97. The summed E-state index contributed by atoms with van der Waals surface area (Å²) in [4.78, 5) is 15.0. The molecular formula is C28H35ClN2O3. The lowest BCUT2D eigenvalue weighted by Crippen LogP contribution is -2.34. The lowest BCUT2D eigenvalue weighted by Gasteiger charge is -2.26. The number of halogens is 1. The first-order valence-corrected chi connectivity index (χ1v) is 12.7. The highest BCUT2D eigenvalue weighted by atomic mass is 35.5. The first-order chi connectivity index (χ1) is 16.8. The number of carbonyl (C=O) groups excluding carboxylic acids is 1. The van der Waals surface area contributed by atoms with Gasteiger partial charge in [0.25, 0.3) is 0 Å². The topological polar surface area (TPSA) is 50.8 Å². The van der Waals surface area contributed by atoms with Crippen molar-refractivity contribution in [3.63, 3.8) is 0 Å². The average Bonchev–Trinajstić information content (AvgIpc) is 2.85. The second-order valence-corrected chi connectivity index (χ2v) is 8.61. The standard InChI is InChI=1S/C28H35ClN2O3/c29-16-7-1-2-8-19-33-21-22-34-20-18-30-17-15-28(32)31-23-26-11-4-3-9-24(26)13-14-25-10-5-6-12-27(25)31/h3-6,9-12,30H,1-2,7-8,15-23H2. The number of amides is 1. The quantitative estimate of drug-likeness (QED) is 0.226. The van der Waals surface area contributed by atoms with Crippen molar-refractivity contribution in [3.8, 4) is 11.8 Å². The Hall–Kier alpha value is -2.36. The summed E-state index contributed by atoms with van der Waals surface area (Å²) in [6, 6.07) is 15.9. The molecule has 0 spiro atoms. The van der Waals surface area contributed by atoms with Crippen molar-refractivity contribution >= 4 is 23.2 Å². The summed E-state index contributed by atoms with van der Waals surface area (Å²) in [5.41, 5.74) is 3.79. The number of benzene rings is 2. The molecule has 2 aromatic carbocycles. The predicted molar refractivity (Wildman–Crippen MR) is 138 cm³/mol. The molecule has 34 heavy (non-hydrogen) atoms. The van der Waals surface area contributed by atoms with Crippen molar-refractivity contribution < 1.29 is 14.3 Å². The highest BCUT2D eigenvalue weighted by molar-refractivity contribution is 6.17. The van der Waals surface area contributed by atoms with Crippen LogP contribution in [0.4, 0.5) is 5.69 Å². The third kappa shape index (κ3) is 8.77. The van der Waals surface area contributed by atoms with Crippen molar-refractivity contribution in [2.75, 3.05) is 50.3 Å². The summed E-state index contributed by atoms with van der Waals surface area (Å²) in [5.74, 6) is 7.31. The van der Waals surface area contributed by atoms with Gasteiger partial charge < -0.3 is 19.7 Å². The molecule has 3 rings (SSSR count). The maximum absolute atomic E-state index is 13.1. The van der Waals surface area contributed by atoms with Gasteiger partial charge in [0, 0.05) is 43.1 Å². The normalized spacial score (nSPS) is 12.2. The van der Waals surface area contributed by atoms with E-state index in [0.29, 0.717) is 45.9 Å². The Morgan fingerprint density at radius 1 is 0.853 bits per heavy atom. The maximum atomic E-state index is 13.1. The van der Waals surface area contributed by atoms with Crippen LogP contribution in [0.2, 0.25) is 0 Å². The number of carbonyl (C=O) groups is 1. The smallest absolute Gasteiger partial charge is 0.228 e. The molecular weight excluding hydrogens is 448 g/mol. The molecule has 0 saturated heterocycles. The predicted octanol–water partition coefficient (Wildman–Crippen LogP) is 4.75. The third-order valence-electron chi connectivity index (χ3n) is 5.66. The fourth-order valence-electron chi connectivity index (χ4n) is 3.78. The van der Waals surface area contributed by atoms with Crippen molar-refractivity contribution in [2.45, 2.75) is 38.6 Å². The molecule has 182 valence electrons. The molecule has 0 aliphatic carbocycles. The van der Waals surface area contributed by atoms with Crippen LogP contribution in [0.15, 0.2) is 48.5 Å². The van der Waals surface area contributed by atoms with Crippen molar-refractivity contribution in [3.05, 3.63) is 65.2 Å². The number of unbranched alkanes of at least 4 members (excludes halogenated alkanes) is 3. The van der Waals surface area contributed by atoms with Gasteiger partial charge in [0.05, 0.1) is 32.1 Å². The lowest BCUT2D eigenvalue weighted by atomic mass is 10.0. The molecule has 1 aliphatic heterocycles. The third-order valence-corrected chi connectivity index (χ3v) is 5.92. The van der Waals surface area contributed by atoms with Gasteiger partial charge in [0.2, 0.25) is 5.91 Å². The van der Waals surface area contributed by atoms with Crippen molar-refractivity contribution in [1.82, 2.24) is 5.32 Å². The van der Waals surface area contributed by atoms with E-state index in [1.54, 1.807) is 0 Å². The number of alkyl halides is 1. The van der Waals surface area contributed by atoms with Crippen LogP contribution in [0, 0.1) is 11.8 Å². The van der Waals surface area contributed by atoms with Crippen LogP contribution in [-0.2, 0) is 20.8 Å². The van der Waals surface area contributed by atoms with Crippen LogP contribution in [0.1, 0.15) is 48.8 Å². The molecule has 0 atom stereocenters. The summed E-state index contributed by atoms with van der Waals surface area (Å²) in [5, 5.41) is 3.31.